The van der Waals surface area contributed by atoms with Crippen molar-refractivity contribution in [3.8, 4) is 0 Å². The molecule has 1 N–H and O–H groups in total. The number of amides is 1. The van der Waals surface area contributed by atoms with Gasteiger partial charge in [-0.1, -0.05) is 37.3 Å². The number of nitrogens with one attached hydrogen (secondary N) is 1. The molecule has 17 heavy (non-hydrogen) atoms. The number of benzene rings is 1. The van der Waals surface area contributed by atoms with Gasteiger partial charge in [-0.15, -0.1) is 0 Å². The molecule has 2 unspecified atom stereocenters. The van der Waals surface area contributed by atoms with Crippen LogP contribution in [0.15, 0.2) is 30.3 Å². The van der Waals surface area contributed by atoms with E-state index in [-0.39, 0.29) is 17.4 Å². The summed E-state index contributed by atoms with van der Waals surface area (Å²) >= 11 is 0. The zero-order chi connectivity index (χ0) is 12.3. The Morgan fingerprint density at radius 2 is 2.12 bits per heavy atom. The van der Waals surface area contributed by atoms with Crippen molar-refractivity contribution < 1.29 is 9.53 Å². The summed E-state index contributed by atoms with van der Waals surface area (Å²) < 4.78 is 5.25. The predicted octanol–water partition coefficient (Wildman–Crippen LogP) is 1.77. The summed E-state index contributed by atoms with van der Waals surface area (Å²) in [5, 5.41) is 3.06. The average molecular weight is 233 g/mol. The molecule has 3 heteroatoms. The largest absolute Gasteiger partial charge is 0.384 e. The lowest BCUT2D eigenvalue weighted by molar-refractivity contribution is -0.119. The van der Waals surface area contributed by atoms with Gasteiger partial charge in [-0.2, -0.15) is 0 Å². The summed E-state index contributed by atoms with van der Waals surface area (Å²) in [6.07, 6.45) is 1.42. The molecule has 1 aromatic carbocycles. The Bertz CT molecular complexity index is 390. The number of hydrogen-bond donors (Lipinski definition) is 1. The molecule has 92 valence electrons. The molecule has 1 aliphatic rings. The maximum Gasteiger partial charge on any atom is 0.220 e. The minimum absolute atomic E-state index is 0.0956. The van der Waals surface area contributed by atoms with Crippen molar-refractivity contribution in [2.75, 3.05) is 13.7 Å². The molecule has 2 atom stereocenters. The van der Waals surface area contributed by atoms with Crippen molar-refractivity contribution in [2.45, 2.75) is 25.8 Å². The van der Waals surface area contributed by atoms with Crippen LogP contribution in [0.1, 0.15) is 18.9 Å². The second kappa shape index (κ2) is 4.88. The zero-order valence-electron chi connectivity index (χ0n) is 10.4. The van der Waals surface area contributed by atoms with Crippen LogP contribution >= 0.6 is 0 Å². The predicted molar refractivity (Wildman–Crippen MR) is 66.7 cm³/mol. The molecular formula is C14H19NO2. The summed E-state index contributed by atoms with van der Waals surface area (Å²) in [6, 6.07) is 10.4. The van der Waals surface area contributed by atoms with E-state index in [1.807, 2.05) is 18.2 Å². The molecular weight excluding hydrogens is 214 g/mol. The Morgan fingerprint density at radius 1 is 1.41 bits per heavy atom. The van der Waals surface area contributed by atoms with Crippen LogP contribution in [0.5, 0.6) is 0 Å². The third kappa shape index (κ3) is 2.67. The molecule has 1 heterocycles. The summed E-state index contributed by atoms with van der Waals surface area (Å²) in [5.41, 5.74) is 1.16. The van der Waals surface area contributed by atoms with E-state index in [2.05, 4.69) is 24.4 Å². The molecule has 0 aromatic heterocycles. The molecule has 1 fully saturated rings. The van der Waals surface area contributed by atoms with Crippen LogP contribution < -0.4 is 5.32 Å². The van der Waals surface area contributed by atoms with Gasteiger partial charge in [-0.3, -0.25) is 4.79 Å². The van der Waals surface area contributed by atoms with E-state index in [9.17, 15) is 4.79 Å². The average Bonchev–Trinajstić information content (AvgIpc) is 2.55. The van der Waals surface area contributed by atoms with E-state index in [0.717, 1.165) is 6.42 Å². The Balaban J connectivity index is 2.11. The van der Waals surface area contributed by atoms with Crippen molar-refractivity contribution in [1.29, 1.82) is 0 Å². The smallest absolute Gasteiger partial charge is 0.220 e. The van der Waals surface area contributed by atoms with Gasteiger partial charge in [0.05, 0.1) is 6.61 Å². The Kier molecular flexibility index (Phi) is 3.48. The number of methoxy groups -OCH3 is 1. The van der Waals surface area contributed by atoms with E-state index in [0.29, 0.717) is 13.0 Å². The maximum atomic E-state index is 11.6. The minimum Gasteiger partial charge on any atom is -0.384 e. The molecule has 0 saturated carbocycles. The third-order valence-electron chi connectivity index (χ3n) is 3.50. The minimum atomic E-state index is -0.0956. The van der Waals surface area contributed by atoms with Crippen molar-refractivity contribution >= 4 is 5.91 Å². The van der Waals surface area contributed by atoms with Gasteiger partial charge in [0.25, 0.3) is 0 Å². The van der Waals surface area contributed by atoms with E-state index in [4.69, 9.17) is 4.74 Å². The Morgan fingerprint density at radius 3 is 2.76 bits per heavy atom. The van der Waals surface area contributed by atoms with Gasteiger partial charge in [0.1, 0.15) is 0 Å². The van der Waals surface area contributed by atoms with Crippen molar-refractivity contribution in [3.63, 3.8) is 0 Å². The van der Waals surface area contributed by atoms with Gasteiger partial charge >= 0.3 is 0 Å². The normalized spacial score (nSPS) is 28.1. The molecule has 0 spiro atoms. The van der Waals surface area contributed by atoms with Gasteiger partial charge in [-0.05, 0) is 12.0 Å². The van der Waals surface area contributed by atoms with Gasteiger partial charge in [0.2, 0.25) is 5.91 Å². The highest BCUT2D eigenvalue weighted by Crippen LogP contribution is 2.33. The fourth-order valence-electron chi connectivity index (χ4n) is 2.54. The van der Waals surface area contributed by atoms with E-state index >= 15 is 0 Å². The van der Waals surface area contributed by atoms with Crippen molar-refractivity contribution in [2.24, 2.45) is 5.41 Å². The van der Waals surface area contributed by atoms with Crippen LogP contribution in [0.3, 0.4) is 0 Å². The van der Waals surface area contributed by atoms with Gasteiger partial charge in [-0.25, -0.2) is 0 Å². The Hall–Kier alpha value is -1.35. The maximum absolute atomic E-state index is 11.6. The molecule has 2 rings (SSSR count). The molecule has 0 aliphatic carbocycles. The van der Waals surface area contributed by atoms with Crippen LogP contribution in [0, 0.1) is 5.41 Å². The second-order valence-electron chi connectivity index (χ2n) is 5.07. The lowest BCUT2D eigenvalue weighted by Crippen LogP contribution is -2.39. The number of hydrogen-bond acceptors (Lipinski definition) is 2. The molecule has 0 bridgehead atoms. The van der Waals surface area contributed by atoms with Crippen molar-refractivity contribution in [1.82, 2.24) is 5.32 Å². The first kappa shape index (κ1) is 12.1. The highest BCUT2D eigenvalue weighted by Gasteiger charge is 2.42. The first-order valence-electron chi connectivity index (χ1n) is 5.96. The van der Waals surface area contributed by atoms with Gasteiger partial charge < -0.3 is 10.1 Å². The van der Waals surface area contributed by atoms with E-state index in [1.54, 1.807) is 7.11 Å². The van der Waals surface area contributed by atoms with E-state index in [1.165, 1.54) is 5.56 Å². The van der Waals surface area contributed by atoms with Crippen LogP contribution in [0.4, 0.5) is 0 Å². The lowest BCUT2D eigenvalue weighted by atomic mass is 9.80. The number of ether oxygens (including phenoxy) is 1. The van der Waals surface area contributed by atoms with Crippen LogP contribution in [-0.4, -0.2) is 25.7 Å². The molecule has 1 saturated heterocycles. The standard InChI is InChI=1S/C14H19NO2/c1-14(10-17-2)9-13(16)15-12(14)8-11-6-4-3-5-7-11/h3-7,12H,8-10H2,1-2H3,(H,15,16). The monoisotopic (exact) mass is 233 g/mol. The summed E-state index contributed by atoms with van der Waals surface area (Å²) in [6.45, 7) is 2.73. The zero-order valence-corrected chi connectivity index (χ0v) is 10.4. The first-order valence-corrected chi connectivity index (χ1v) is 5.96. The number of carbonyl (C=O) groups is 1. The quantitative estimate of drug-likeness (QED) is 0.860. The third-order valence-corrected chi connectivity index (χ3v) is 3.50. The highest BCUT2D eigenvalue weighted by atomic mass is 16.5. The molecule has 1 aromatic rings. The number of rotatable bonds is 4. The summed E-state index contributed by atoms with van der Waals surface area (Å²) in [7, 11) is 1.69. The van der Waals surface area contributed by atoms with Crippen LogP contribution in [-0.2, 0) is 16.0 Å². The van der Waals surface area contributed by atoms with Gasteiger partial charge in [0.15, 0.2) is 0 Å². The van der Waals surface area contributed by atoms with Gasteiger partial charge in [0, 0.05) is 25.0 Å². The fraction of sp³-hybridized carbons (Fsp3) is 0.500. The van der Waals surface area contributed by atoms with Crippen molar-refractivity contribution in [3.05, 3.63) is 35.9 Å². The first-order chi connectivity index (χ1) is 8.14. The van der Waals surface area contributed by atoms with Crippen LogP contribution in [0.25, 0.3) is 0 Å². The Labute approximate surface area is 102 Å². The summed E-state index contributed by atoms with van der Waals surface area (Å²) in [5.74, 6) is 0.130. The van der Waals surface area contributed by atoms with E-state index < -0.39 is 0 Å². The highest BCUT2D eigenvalue weighted by molar-refractivity contribution is 5.80. The topological polar surface area (TPSA) is 38.3 Å². The fourth-order valence-corrected chi connectivity index (χ4v) is 2.54. The SMILES string of the molecule is COCC1(C)CC(=O)NC1Cc1ccccc1. The number of carbonyl (C=O) groups excluding carboxylic acids is 1. The van der Waals surface area contributed by atoms with Crippen LogP contribution in [0.2, 0.25) is 0 Å². The summed E-state index contributed by atoms with van der Waals surface area (Å²) in [4.78, 5) is 11.6. The second-order valence-corrected chi connectivity index (χ2v) is 5.07. The molecule has 0 radical (unpaired) electrons. The molecule has 1 amide bonds. The molecule has 3 nitrogen and oxygen atoms in total. The molecule has 1 aliphatic heterocycles. The lowest BCUT2D eigenvalue weighted by Gasteiger charge is -2.29.